The van der Waals surface area contributed by atoms with Gasteiger partial charge in [0.05, 0.1) is 5.69 Å². The van der Waals surface area contributed by atoms with E-state index in [4.69, 9.17) is 4.28 Å². The van der Waals surface area contributed by atoms with Gasteiger partial charge in [-0.05, 0) is 123 Å². The Morgan fingerprint density at radius 2 is 1.50 bits per heavy atom. The van der Waals surface area contributed by atoms with Gasteiger partial charge in [0.1, 0.15) is 12.2 Å². The largest absolute Gasteiger partial charge is 0.396 e. The van der Waals surface area contributed by atoms with E-state index in [2.05, 4.69) is 101 Å². The van der Waals surface area contributed by atoms with Gasteiger partial charge in [-0.25, -0.2) is 4.31 Å². The first-order chi connectivity index (χ1) is 20.2. The maximum atomic E-state index is 9.76. The van der Waals surface area contributed by atoms with Crippen molar-refractivity contribution in [1.82, 2.24) is 9.21 Å². The van der Waals surface area contributed by atoms with Gasteiger partial charge in [0.15, 0.2) is 0 Å². The molecule has 1 heterocycles. The van der Waals surface area contributed by atoms with Crippen LogP contribution in [0.3, 0.4) is 0 Å². The van der Waals surface area contributed by atoms with Gasteiger partial charge in [-0.15, -0.1) is 0 Å². The number of rotatable bonds is 13. The van der Waals surface area contributed by atoms with Crippen LogP contribution in [-0.4, -0.2) is 53.1 Å². The molecule has 3 aromatic carbocycles. The summed E-state index contributed by atoms with van der Waals surface area (Å²) < 4.78 is 7.84. The van der Waals surface area contributed by atoms with Gasteiger partial charge in [-0.1, -0.05) is 66.7 Å². The second kappa shape index (κ2) is 15.0. The van der Waals surface area contributed by atoms with Crippen LogP contribution < -0.4 is 5.48 Å². The molecular weight excluding hydrogens is 559 g/mol. The van der Waals surface area contributed by atoms with Crippen molar-refractivity contribution in [3.8, 4) is 0 Å². The highest BCUT2D eigenvalue weighted by Gasteiger charge is 2.32. The average molecular weight is 604 g/mol. The molecule has 3 fully saturated rings. The fraction of sp³-hybridized carbons (Fsp3) is 0.429. The fourth-order valence-electron chi connectivity index (χ4n) is 6.11. The quantitative estimate of drug-likeness (QED) is 0.0897. The number of likely N-dealkylation sites (tertiary alicyclic amines) is 1. The molecular formula is C35H45N3O2S2. The first-order valence-corrected chi connectivity index (χ1v) is 16.1. The Balaban J connectivity index is 0.00000353. The van der Waals surface area contributed by atoms with E-state index >= 15 is 0 Å². The van der Waals surface area contributed by atoms with Crippen molar-refractivity contribution >= 4 is 42.6 Å². The number of hydrogen-bond acceptors (Lipinski definition) is 6. The van der Waals surface area contributed by atoms with E-state index in [-0.39, 0.29) is 20.1 Å². The molecule has 1 aliphatic heterocycles. The van der Waals surface area contributed by atoms with Gasteiger partial charge < -0.3 is 10.0 Å². The molecule has 0 amide bonds. The van der Waals surface area contributed by atoms with Crippen LogP contribution in [-0.2, 0) is 4.28 Å². The molecule has 2 N–H and O–H groups in total. The van der Waals surface area contributed by atoms with Crippen LogP contribution >= 0.6 is 25.7 Å². The minimum atomic E-state index is 0. The number of anilines is 1. The molecule has 42 heavy (non-hydrogen) atoms. The second-order valence-electron chi connectivity index (χ2n) is 11.8. The van der Waals surface area contributed by atoms with Crippen molar-refractivity contribution in [3.63, 3.8) is 0 Å². The number of nitrogens with zero attached hydrogens (tertiary/aromatic N) is 2. The van der Waals surface area contributed by atoms with E-state index in [1.165, 1.54) is 97.2 Å². The monoisotopic (exact) mass is 603 g/mol. The first-order valence-electron chi connectivity index (χ1n) is 15.4. The molecule has 2 saturated carbocycles. The predicted octanol–water partition coefficient (Wildman–Crippen LogP) is 7.87. The molecule has 1 saturated heterocycles. The highest BCUT2D eigenvalue weighted by molar-refractivity contribution is 7.92. The molecule has 7 heteroatoms. The molecule has 0 bridgehead atoms. The van der Waals surface area contributed by atoms with E-state index < -0.39 is 0 Å². The smallest absolute Gasteiger partial charge is 0.112 e. The van der Waals surface area contributed by atoms with Crippen LogP contribution in [0.5, 0.6) is 0 Å². The topological polar surface area (TPSA) is 48.0 Å². The van der Waals surface area contributed by atoms with Gasteiger partial charge in [0, 0.05) is 18.7 Å². The van der Waals surface area contributed by atoms with Crippen LogP contribution in [0.2, 0.25) is 0 Å². The van der Waals surface area contributed by atoms with E-state index in [9.17, 15) is 5.11 Å². The zero-order valence-corrected chi connectivity index (χ0v) is 26.5. The minimum absolute atomic E-state index is 0. The molecule has 3 aliphatic rings. The third-order valence-corrected chi connectivity index (χ3v) is 9.51. The van der Waals surface area contributed by atoms with Gasteiger partial charge in [-0.2, -0.15) is 17.8 Å². The number of hydrogen-bond donors (Lipinski definition) is 2. The highest BCUT2D eigenvalue weighted by atomic mass is 32.2. The summed E-state index contributed by atoms with van der Waals surface area (Å²) in [5, 5.41) is 9.76. The lowest BCUT2D eigenvalue weighted by molar-refractivity contribution is 0.203. The summed E-state index contributed by atoms with van der Waals surface area (Å²) in [6.07, 6.45) is 9.35. The van der Waals surface area contributed by atoms with Crippen molar-refractivity contribution in [3.05, 3.63) is 101 Å². The van der Waals surface area contributed by atoms with E-state index in [0.717, 1.165) is 24.6 Å². The van der Waals surface area contributed by atoms with Crippen LogP contribution in [0, 0.1) is 0 Å². The fourth-order valence-corrected chi connectivity index (χ4v) is 6.70. The summed E-state index contributed by atoms with van der Waals surface area (Å²) in [6, 6.07) is 30.0. The lowest BCUT2D eigenvalue weighted by Crippen LogP contribution is -2.34. The summed E-state index contributed by atoms with van der Waals surface area (Å²) in [5.41, 5.74) is 11.6. The molecule has 2 aliphatic carbocycles. The van der Waals surface area contributed by atoms with Crippen molar-refractivity contribution in [1.29, 1.82) is 0 Å². The second-order valence-corrected chi connectivity index (χ2v) is 12.7. The maximum absolute atomic E-state index is 9.76. The van der Waals surface area contributed by atoms with Gasteiger partial charge >= 0.3 is 0 Å². The van der Waals surface area contributed by atoms with E-state index in [1.54, 1.807) is 0 Å². The normalized spacial score (nSPS) is 18.5. The zero-order chi connectivity index (χ0) is 28.0. The molecule has 5 nitrogen and oxygen atoms in total. The third kappa shape index (κ3) is 8.01. The SMILES string of the molecule is CN(SONc1ccc(/C(=C(\CCCO)c2ccccc2)c2ccc(C3CCN(C4CC4)CC3)cc2)cc1)C1CC1.S. The Morgan fingerprint density at radius 1 is 0.857 bits per heavy atom. The van der Waals surface area contributed by atoms with Crippen LogP contribution in [0.4, 0.5) is 5.69 Å². The standard InChI is InChI=1S/C35H43N3O2S.H2S/c1-37(32-17-18-32)41-40-36-31-15-13-30(14-16-31)35(34(8-5-25-39)28-6-3-2-4-7-28)29-11-9-26(10-12-29)27-21-23-38(24-22-27)33-19-20-33;/h2-4,6-7,9-16,27,32-33,36,39H,5,8,17-25H2,1H3;1H2/b35-34+;. The van der Waals surface area contributed by atoms with E-state index in [1.807, 2.05) is 0 Å². The molecule has 0 radical (unpaired) electrons. The maximum Gasteiger partial charge on any atom is 0.112 e. The number of nitrogens with one attached hydrogen (secondary N) is 1. The summed E-state index contributed by atoms with van der Waals surface area (Å²) in [6.45, 7) is 2.65. The number of benzene rings is 3. The van der Waals surface area contributed by atoms with E-state index in [0.29, 0.717) is 12.0 Å². The molecule has 0 atom stereocenters. The summed E-state index contributed by atoms with van der Waals surface area (Å²) in [4.78, 5) is 2.70. The Hall–Kier alpha value is -2.26. The van der Waals surface area contributed by atoms with Gasteiger partial charge in [0.25, 0.3) is 0 Å². The number of aliphatic hydroxyl groups excluding tert-OH is 1. The van der Waals surface area contributed by atoms with Crippen LogP contribution in [0.1, 0.15) is 79.5 Å². The molecule has 3 aromatic rings. The molecule has 0 aromatic heterocycles. The predicted molar refractivity (Wildman–Crippen MR) is 182 cm³/mol. The molecule has 224 valence electrons. The summed E-state index contributed by atoms with van der Waals surface area (Å²) in [7, 11) is 2.07. The van der Waals surface area contributed by atoms with Crippen LogP contribution in [0.15, 0.2) is 78.9 Å². The van der Waals surface area contributed by atoms with Crippen molar-refractivity contribution < 1.29 is 9.39 Å². The van der Waals surface area contributed by atoms with Gasteiger partial charge in [-0.3, -0.25) is 5.48 Å². The molecule has 6 rings (SSSR count). The minimum Gasteiger partial charge on any atom is -0.396 e. The molecule has 0 spiro atoms. The number of aliphatic hydroxyl groups is 1. The summed E-state index contributed by atoms with van der Waals surface area (Å²) in [5.74, 6) is 0.650. The lowest BCUT2D eigenvalue weighted by atomic mass is 9.85. The Morgan fingerprint density at radius 3 is 2.10 bits per heavy atom. The van der Waals surface area contributed by atoms with Crippen LogP contribution in [0.25, 0.3) is 11.1 Å². The lowest BCUT2D eigenvalue weighted by Gasteiger charge is -2.32. The number of piperidine rings is 1. The van der Waals surface area contributed by atoms with Crippen molar-refractivity contribution in [2.75, 3.05) is 32.2 Å². The average Bonchev–Trinajstić information content (AvgIpc) is 3.94. The zero-order valence-electron chi connectivity index (χ0n) is 24.7. The van der Waals surface area contributed by atoms with Crippen molar-refractivity contribution in [2.45, 2.75) is 69.4 Å². The molecule has 0 unspecified atom stereocenters. The Bertz CT molecular complexity index is 1280. The number of allylic oxidation sites excluding steroid dienone is 1. The highest BCUT2D eigenvalue weighted by Crippen LogP contribution is 2.38. The Labute approximate surface area is 263 Å². The third-order valence-electron chi connectivity index (χ3n) is 8.82. The Kier molecular flexibility index (Phi) is 11.1. The first kappa shape index (κ1) is 31.2. The van der Waals surface area contributed by atoms with Gasteiger partial charge in [0.2, 0.25) is 0 Å². The summed E-state index contributed by atoms with van der Waals surface area (Å²) >= 11 is 1.36. The van der Waals surface area contributed by atoms with Crippen molar-refractivity contribution in [2.24, 2.45) is 0 Å².